The molecule has 2 aromatic rings. The average Bonchev–Trinajstić information content (AvgIpc) is 3.25. The molecular formula is C16H19N3O3S. The van der Waals surface area contributed by atoms with E-state index in [1.807, 2.05) is 0 Å². The van der Waals surface area contributed by atoms with Crippen molar-refractivity contribution in [3.8, 4) is 11.7 Å². The lowest BCUT2D eigenvalue weighted by molar-refractivity contribution is -0.118. The topological polar surface area (TPSA) is 81.2 Å². The van der Waals surface area contributed by atoms with E-state index in [1.54, 1.807) is 18.4 Å². The number of hydrogen-bond donors (Lipinski definition) is 1. The molecule has 23 heavy (non-hydrogen) atoms. The minimum Gasteiger partial charge on any atom is -0.459 e. The molecule has 0 fully saturated rings. The molecule has 6 nitrogen and oxygen atoms in total. The Morgan fingerprint density at radius 1 is 1.35 bits per heavy atom. The van der Waals surface area contributed by atoms with Gasteiger partial charge in [-0.2, -0.15) is 0 Å². The van der Waals surface area contributed by atoms with Crippen molar-refractivity contribution in [2.24, 2.45) is 0 Å². The average molecular weight is 333 g/mol. The lowest BCUT2D eigenvalue weighted by Crippen LogP contribution is -2.26. The maximum Gasteiger partial charge on any atom is 0.284 e. The van der Waals surface area contributed by atoms with E-state index in [2.05, 4.69) is 21.6 Å². The summed E-state index contributed by atoms with van der Waals surface area (Å²) in [5.41, 5.74) is 1.46. The number of furan rings is 1. The quantitative estimate of drug-likeness (QED) is 0.617. The summed E-state index contributed by atoms with van der Waals surface area (Å²) in [6.45, 7) is 0.687. The Balaban J connectivity index is 1.38. The normalized spacial score (nSPS) is 14.5. The smallest absolute Gasteiger partial charge is 0.284 e. The van der Waals surface area contributed by atoms with Crippen LogP contribution in [-0.4, -0.2) is 28.4 Å². The first kappa shape index (κ1) is 15.9. The molecule has 0 spiro atoms. The van der Waals surface area contributed by atoms with Crippen LogP contribution in [0.25, 0.3) is 11.7 Å². The zero-order chi connectivity index (χ0) is 15.9. The highest BCUT2D eigenvalue weighted by Crippen LogP contribution is 2.23. The van der Waals surface area contributed by atoms with Crippen molar-refractivity contribution in [1.29, 1.82) is 0 Å². The Morgan fingerprint density at radius 3 is 3.09 bits per heavy atom. The van der Waals surface area contributed by atoms with E-state index in [-0.39, 0.29) is 11.7 Å². The molecule has 0 radical (unpaired) electrons. The summed E-state index contributed by atoms with van der Waals surface area (Å²) < 4.78 is 10.6. The van der Waals surface area contributed by atoms with E-state index in [0.29, 0.717) is 23.4 Å². The van der Waals surface area contributed by atoms with Gasteiger partial charge in [0.2, 0.25) is 5.91 Å². The standard InChI is InChI=1S/C16H19N3O3S/c20-14(17-9-8-12-5-2-1-3-6-12)11-23-16-19-18-15(22-16)13-7-4-10-21-13/h4-5,7,10H,1-3,6,8-9,11H2,(H,17,20). The number of thioether (sulfide) groups is 1. The highest BCUT2D eigenvalue weighted by Gasteiger charge is 2.12. The minimum atomic E-state index is -0.0239. The molecule has 1 amide bonds. The zero-order valence-electron chi connectivity index (χ0n) is 12.8. The van der Waals surface area contributed by atoms with Crippen molar-refractivity contribution in [2.45, 2.75) is 37.3 Å². The number of nitrogens with one attached hydrogen (secondary N) is 1. The summed E-state index contributed by atoms with van der Waals surface area (Å²) in [6, 6.07) is 3.50. The molecule has 0 saturated carbocycles. The Morgan fingerprint density at radius 2 is 2.30 bits per heavy atom. The Kier molecular flexibility index (Phi) is 5.52. The summed E-state index contributed by atoms with van der Waals surface area (Å²) in [7, 11) is 0. The van der Waals surface area contributed by atoms with Crippen LogP contribution in [0, 0.1) is 0 Å². The number of allylic oxidation sites excluding steroid dienone is 1. The van der Waals surface area contributed by atoms with Crippen LogP contribution >= 0.6 is 11.8 Å². The minimum absolute atomic E-state index is 0.0239. The van der Waals surface area contributed by atoms with Crippen molar-refractivity contribution in [3.05, 3.63) is 30.0 Å². The molecule has 1 N–H and O–H groups in total. The largest absolute Gasteiger partial charge is 0.459 e. The number of rotatable bonds is 7. The maximum atomic E-state index is 11.8. The first-order chi connectivity index (χ1) is 11.3. The lowest BCUT2D eigenvalue weighted by Gasteiger charge is -2.12. The molecule has 0 aromatic carbocycles. The van der Waals surface area contributed by atoms with Crippen molar-refractivity contribution in [3.63, 3.8) is 0 Å². The predicted molar refractivity (Wildman–Crippen MR) is 86.9 cm³/mol. The van der Waals surface area contributed by atoms with Gasteiger partial charge in [0.05, 0.1) is 12.0 Å². The monoisotopic (exact) mass is 333 g/mol. The summed E-state index contributed by atoms with van der Waals surface area (Å²) in [5.74, 6) is 1.08. The van der Waals surface area contributed by atoms with Gasteiger partial charge in [0.15, 0.2) is 5.76 Å². The third kappa shape index (κ3) is 4.72. The first-order valence-corrected chi connectivity index (χ1v) is 8.74. The molecule has 0 atom stereocenters. The molecule has 2 heterocycles. The van der Waals surface area contributed by atoms with Gasteiger partial charge in [-0.15, -0.1) is 10.2 Å². The van der Waals surface area contributed by atoms with Gasteiger partial charge >= 0.3 is 0 Å². The number of nitrogens with zero attached hydrogens (tertiary/aromatic N) is 2. The van der Waals surface area contributed by atoms with Crippen LogP contribution in [0.3, 0.4) is 0 Å². The number of amides is 1. The molecule has 0 aliphatic heterocycles. The fraction of sp³-hybridized carbons (Fsp3) is 0.438. The fourth-order valence-corrected chi connectivity index (χ4v) is 3.03. The van der Waals surface area contributed by atoms with E-state index in [1.165, 1.54) is 43.0 Å². The van der Waals surface area contributed by atoms with E-state index in [9.17, 15) is 4.79 Å². The second-order valence-electron chi connectivity index (χ2n) is 5.35. The van der Waals surface area contributed by atoms with Crippen molar-refractivity contribution >= 4 is 17.7 Å². The Bertz CT molecular complexity index is 664. The summed E-state index contributed by atoms with van der Waals surface area (Å²) in [6.07, 6.45) is 9.69. The highest BCUT2D eigenvalue weighted by molar-refractivity contribution is 7.99. The van der Waals surface area contributed by atoms with Crippen LogP contribution < -0.4 is 5.32 Å². The third-order valence-electron chi connectivity index (χ3n) is 3.62. The van der Waals surface area contributed by atoms with Crippen LogP contribution in [0.5, 0.6) is 0 Å². The summed E-state index contributed by atoms with van der Waals surface area (Å²) in [5, 5.41) is 11.1. The number of carbonyl (C=O) groups is 1. The maximum absolute atomic E-state index is 11.8. The van der Waals surface area contributed by atoms with Crippen LogP contribution in [0.15, 0.2) is 44.1 Å². The van der Waals surface area contributed by atoms with Crippen molar-refractivity contribution in [1.82, 2.24) is 15.5 Å². The van der Waals surface area contributed by atoms with Gasteiger partial charge in [-0.3, -0.25) is 4.79 Å². The molecule has 0 saturated heterocycles. The van der Waals surface area contributed by atoms with E-state index >= 15 is 0 Å². The van der Waals surface area contributed by atoms with Crippen molar-refractivity contribution < 1.29 is 13.6 Å². The first-order valence-electron chi connectivity index (χ1n) is 7.76. The van der Waals surface area contributed by atoms with E-state index in [0.717, 1.165) is 6.42 Å². The van der Waals surface area contributed by atoms with Crippen molar-refractivity contribution in [2.75, 3.05) is 12.3 Å². The third-order valence-corrected chi connectivity index (χ3v) is 4.44. The summed E-state index contributed by atoms with van der Waals surface area (Å²) >= 11 is 1.22. The molecule has 0 bridgehead atoms. The fourth-order valence-electron chi connectivity index (χ4n) is 2.44. The number of aromatic nitrogens is 2. The van der Waals surface area contributed by atoms with Gasteiger partial charge < -0.3 is 14.2 Å². The molecule has 1 aliphatic carbocycles. The molecule has 122 valence electrons. The molecule has 2 aromatic heterocycles. The summed E-state index contributed by atoms with van der Waals surface area (Å²) in [4.78, 5) is 11.8. The Hall–Kier alpha value is -2.02. The second-order valence-corrected chi connectivity index (χ2v) is 6.27. The molecule has 3 rings (SSSR count). The van der Waals surface area contributed by atoms with Gasteiger partial charge in [0, 0.05) is 6.54 Å². The number of carbonyl (C=O) groups excluding carboxylic acids is 1. The predicted octanol–water partition coefficient (Wildman–Crippen LogP) is 3.43. The molecule has 1 aliphatic rings. The molecular weight excluding hydrogens is 314 g/mol. The molecule has 7 heteroatoms. The van der Waals surface area contributed by atoms with E-state index in [4.69, 9.17) is 8.83 Å². The van der Waals surface area contributed by atoms with E-state index < -0.39 is 0 Å². The SMILES string of the molecule is O=C(CSc1nnc(-c2ccco2)o1)NCCC1=CCCCC1. The lowest BCUT2D eigenvalue weighted by atomic mass is 9.97. The highest BCUT2D eigenvalue weighted by atomic mass is 32.2. The second kappa shape index (κ2) is 8.01. The van der Waals surface area contributed by atoms with Gasteiger partial charge in [-0.25, -0.2) is 0 Å². The van der Waals surface area contributed by atoms with Gasteiger partial charge in [0.25, 0.3) is 11.1 Å². The van der Waals surface area contributed by atoms with Gasteiger partial charge in [-0.05, 0) is 44.2 Å². The van der Waals surface area contributed by atoms with Crippen LogP contribution in [0.4, 0.5) is 0 Å². The van der Waals surface area contributed by atoms with Crippen LogP contribution in [-0.2, 0) is 4.79 Å². The Labute approximate surface area is 138 Å². The van der Waals surface area contributed by atoms with Crippen LogP contribution in [0.2, 0.25) is 0 Å². The van der Waals surface area contributed by atoms with Crippen LogP contribution in [0.1, 0.15) is 32.1 Å². The zero-order valence-corrected chi connectivity index (χ0v) is 13.6. The number of hydrogen-bond acceptors (Lipinski definition) is 6. The molecule has 0 unspecified atom stereocenters. The van der Waals surface area contributed by atoms with Gasteiger partial charge in [-0.1, -0.05) is 23.4 Å². The van der Waals surface area contributed by atoms with Gasteiger partial charge in [0.1, 0.15) is 0 Å².